The van der Waals surface area contributed by atoms with Gasteiger partial charge in [-0.15, -0.1) is 0 Å². The maximum atomic E-state index is 10.00. The molecule has 0 aromatic rings. The second-order valence-electron chi connectivity index (χ2n) is 5.59. The smallest absolute Gasteiger partial charge is 0.0580 e. The Balaban J connectivity index is 1.83. The van der Waals surface area contributed by atoms with Crippen molar-refractivity contribution in [1.82, 2.24) is 4.90 Å². The molecule has 1 N–H and O–H groups in total. The van der Waals surface area contributed by atoms with Crippen LogP contribution in [-0.4, -0.2) is 46.2 Å². The highest BCUT2D eigenvalue weighted by Crippen LogP contribution is 2.29. The number of hydrogen-bond acceptors (Lipinski definition) is 3. The predicted octanol–water partition coefficient (Wildman–Crippen LogP) is 2.36. The highest BCUT2D eigenvalue weighted by Gasteiger charge is 2.28. The molecule has 1 aliphatic carbocycles. The zero-order chi connectivity index (χ0) is 11.5. The molecular weight excluding hydrogens is 218 g/mol. The molecule has 2 aliphatic rings. The van der Waals surface area contributed by atoms with Gasteiger partial charge in [0.05, 0.1) is 6.10 Å². The fraction of sp³-hybridized carbons (Fsp3) is 1.00. The lowest BCUT2D eigenvalue weighted by molar-refractivity contribution is 0.0461. The van der Waals surface area contributed by atoms with E-state index >= 15 is 0 Å². The lowest BCUT2D eigenvalue weighted by Crippen LogP contribution is -2.45. The molecule has 0 spiro atoms. The summed E-state index contributed by atoms with van der Waals surface area (Å²) in [7, 11) is 0. The molecule has 0 aromatic carbocycles. The molecule has 1 heterocycles. The van der Waals surface area contributed by atoms with Gasteiger partial charge in [-0.05, 0) is 18.8 Å². The van der Waals surface area contributed by atoms with Gasteiger partial charge in [0.25, 0.3) is 0 Å². The molecule has 4 atom stereocenters. The molecule has 2 rings (SSSR count). The van der Waals surface area contributed by atoms with Gasteiger partial charge in [-0.25, -0.2) is 0 Å². The molecule has 94 valence electrons. The summed E-state index contributed by atoms with van der Waals surface area (Å²) in [6.45, 7) is 8.18. The molecule has 16 heavy (non-hydrogen) atoms. The summed E-state index contributed by atoms with van der Waals surface area (Å²) in [5.74, 6) is 0.538. The van der Waals surface area contributed by atoms with Crippen LogP contribution in [0.5, 0.6) is 0 Å². The zero-order valence-corrected chi connectivity index (χ0v) is 11.4. The summed E-state index contributed by atoms with van der Waals surface area (Å²) < 4.78 is 0. The quantitative estimate of drug-likeness (QED) is 0.805. The first kappa shape index (κ1) is 12.7. The maximum Gasteiger partial charge on any atom is 0.0580 e. The molecule has 1 aliphatic heterocycles. The lowest BCUT2D eigenvalue weighted by atomic mass is 9.86. The van der Waals surface area contributed by atoms with Crippen LogP contribution in [0.4, 0.5) is 0 Å². The zero-order valence-electron chi connectivity index (χ0n) is 10.6. The first-order valence-electron chi connectivity index (χ1n) is 6.71. The van der Waals surface area contributed by atoms with Gasteiger partial charge in [0.1, 0.15) is 0 Å². The Labute approximate surface area is 104 Å². The number of aliphatic hydroxyl groups is 1. The van der Waals surface area contributed by atoms with Crippen LogP contribution in [0.3, 0.4) is 0 Å². The summed E-state index contributed by atoms with van der Waals surface area (Å²) in [6, 6.07) is 0. The molecule has 0 bridgehead atoms. The molecule has 0 radical (unpaired) electrons. The van der Waals surface area contributed by atoms with Gasteiger partial charge in [0.15, 0.2) is 0 Å². The summed E-state index contributed by atoms with van der Waals surface area (Å²) in [5, 5.41) is 11.5. The van der Waals surface area contributed by atoms with Gasteiger partial charge in [0.2, 0.25) is 0 Å². The molecule has 3 heteroatoms. The van der Waals surface area contributed by atoms with E-state index in [0.717, 1.165) is 23.5 Å². The largest absolute Gasteiger partial charge is 0.393 e. The molecule has 0 amide bonds. The summed E-state index contributed by atoms with van der Waals surface area (Å²) in [5.41, 5.74) is 0. The average molecular weight is 243 g/mol. The molecule has 4 unspecified atom stereocenters. The number of nitrogens with zero attached hydrogens (tertiary/aromatic N) is 1. The Hall–Kier alpha value is 0.270. The second kappa shape index (κ2) is 5.74. The average Bonchev–Trinajstić information content (AvgIpc) is 2.20. The molecule has 2 nitrogen and oxygen atoms in total. The van der Waals surface area contributed by atoms with E-state index in [4.69, 9.17) is 0 Å². The van der Waals surface area contributed by atoms with Crippen LogP contribution in [0.15, 0.2) is 0 Å². The van der Waals surface area contributed by atoms with Crippen molar-refractivity contribution >= 4 is 11.8 Å². The number of rotatable bonds is 2. The molecule has 0 aromatic heterocycles. The van der Waals surface area contributed by atoms with Crippen LogP contribution in [0.2, 0.25) is 0 Å². The van der Waals surface area contributed by atoms with Crippen LogP contribution >= 0.6 is 11.8 Å². The third kappa shape index (κ3) is 3.38. The molecular formula is C13H25NOS. The third-order valence-corrected chi connectivity index (χ3v) is 5.08. The van der Waals surface area contributed by atoms with Crippen LogP contribution in [0.1, 0.15) is 39.5 Å². The summed E-state index contributed by atoms with van der Waals surface area (Å²) in [6.07, 6.45) is 4.76. The summed E-state index contributed by atoms with van der Waals surface area (Å²) >= 11 is 2.10. The van der Waals surface area contributed by atoms with Crippen molar-refractivity contribution in [2.45, 2.75) is 56.1 Å². The molecule has 1 saturated carbocycles. The SMILES string of the molecule is CC1CN(CC2CCCCC2O)CC(C)S1. The van der Waals surface area contributed by atoms with E-state index < -0.39 is 0 Å². The van der Waals surface area contributed by atoms with E-state index in [0.29, 0.717) is 5.92 Å². The van der Waals surface area contributed by atoms with E-state index in [1.807, 2.05) is 0 Å². The first-order chi connectivity index (χ1) is 7.65. The number of thioether (sulfide) groups is 1. The highest BCUT2D eigenvalue weighted by molar-refractivity contribution is 8.00. The van der Waals surface area contributed by atoms with E-state index in [9.17, 15) is 5.11 Å². The minimum Gasteiger partial charge on any atom is -0.393 e. The van der Waals surface area contributed by atoms with Gasteiger partial charge < -0.3 is 10.0 Å². The standard InChI is InChI=1S/C13H25NOS/c1-10-7-14(8-11(2)16-10)9-12-5-3-4-6-13(12)15/h10-13,15H,3-9H2,1-2H3. The monoisotopic (exact) mass is 243 g/mol. The van der Waals surface area contributed by atoms with Gasteiger partial charge in [-0.3, -0.25) is 0 Å². The van der Waals surface area contributed by atoms with E-state index in [2.05, 4.69) is 30.5 Å². The maximum absolute atomic E-state index is 10.00. The third-order valence-electron chi connectivity index (χ3n) is 3.86. The Kier molecular flexibility index (Phi) is 4.57. The van der Waals surface area contributed by atoms with Gasteiger partial charge in [-0.2, -0.15) is 11.8 Å². The molecule has 1 saturated heterocycles. The van der Waals surface area contributed by atoms with Crippen molar-refractivity contribution in [2.75, 3.05) is 19.6 Å². The lowest BCUT2D eigenvalue weighted by Gasteiger charge is -2.38. The van der Waals surface area contributed by atoms with E-state index in [1.165, 1.54) is 32.4 Å². The van der Waals surface area contributed by atoms with Crippen LogP contribution in [-0.2, 0) is 0 Å². The number of aliphatic hydroxyl groups excluding tert-OH is 1. The minimum absolute atomic E-state index is 0.0334. The topological polar surface area (TPSA) is 23.5 Å². The van der Waals surface area contributed by atoms with Crippen molar-refractivity contribution in [3.05, 3.63) is 0 Å². The van der Waals surface area contributed by atoms with Crippen molar-refractivity contribution in [3.63, 3.8) is 0 Å². The van der Waals surface area contributed by atoms with Crippen LogP contribution in [0, 0.1) is 5.92 Å². The Morgan fingerprint density at radius 3 is 2.38 bits per heavy atom. The van der Waals surface area contributed by atoms with Crippen molar-refractivity contribution in [2.24, 2.45) is 5.92 Å². The van der Waals surface area contributed by atoms with Crippen LogP contribution in [0.25, 0.3) is 0 Å². The van der Waals surface area contributed by atoms with E-state index in [-0.39, 0.29) is 6.10 Å². The Morgan fingerprint density at radius 2 is 1.75 bits per heavy atom. The van der Waals surface area contributed by atoms with E-state index in [1.54, 1.807) is 0 Å². The van der Waals surface area contributed by atoms with Crippen molar-refractivity contribution in [1.29, 1.82) is 0 Å². The first-order valence-corrected chi connectivity index (χ1v) is 7.65. The number of hydrogen-bond donors (Lipinski definition) is 1. The van der Waals surface area contributed by atoms with Gasteiger partial charge in [-0.1, -0.05) is 26.7 Å². The normalized spacial score (nSPS) is 42.2. The van der Waals surface area contributed by atoms with Crippen molar-refractivity contribution < 1.29 is 5.11 Å². The second-order valence-corrected chi connectivity index (χ2v) is 7.47. The fourth-order valence-corrected chi connectivity index (χ4v) is 4.55. The Morgan fingerprint density at radius 1 is 1.12 bits per heavy atom. The summed E-state index contributed by atoms with van der Waals surface area (Å²) in [4.78, 5) is 2.57. The molecule has 2 fully saturated rings. The Bertz CT molecular complexity index is 214. The van der Waals surface area contributed by atoms with Crippen LogP contribution < -0.4 is 0 Å². The minimum atomic E-state index is -0.0334. The fourth-order valence-electron chi connectivity index (χ4n) is 3.17. The predicted molar refractivity (Wildman–Crippen MR) is 70.9 cm³/mol. The highest BCUT2D eigenvalue weighted by atomic mass is 32.2. The van der Waals surface area contributed by atoms with Gasteiger partial charge in [0, 0.05) is 30.1 Å². The van der Waals surface area contributed by atoms with Crippen molar-refractivity contribution in [3.8, 4) is 0 Å². The van der Waals surface area contributed by atoms with Gasteiger partial charge >= 0.3 is 0 Å².